The van der Waals surface area contributed by atoms with Crippen molar-refractivity contribution in [2.45, 2.75) is 33.2 Å². The quantitative estimate of drug-likeness (QED) is 0.323. The fourth-order valence-electron chi connectivity index (χ4n) is 2.17. The van der Waals surface area contributed by atoms with E-state index < -0.39 is 21.3 Å². The molecule has 1 fully saturated rings. The summed E-state index contributed by atoms with van der Waals surface area (Å²) in [4.78, 5) is 14.0. The first-order valence-corrected chi connectivity index (χ1v) is 7.99. The van der Waals surface area contributed by atoms with Gasteiger partial charge in [-0.05, 0) is 20.3 Å². The minimum Gasteiger partial charge on any atom is -0.409 e. The molecule has 2 unspecified atom stereocenters. The van der Waals surface area contributed by atoms with Crippen LogP contribution in [0.2, 0.25) is 0 Å². The number of carbonyl (C=O) groups is 1. The van der Waals surface area contributed by atoms with E-state index in [0.29, 0.717) is 6.42 Å². The summed E-state index contributed by atoms with van der Waals surface area (Å²) in [6.07, 6.45) is 0.373. The van der Waals surface area contributed by atoms with Gasteiger partial charge < -0.3 is 15.8 Å². The molecule has 2 atom stereocenters. The summed E-state index contributed by atoms with van der Waals surface area (Å²) in [5, 5.41) is 11.7. The van der Waals surface area contributed by atoms with Crippen molar-refractivity contribution in [3.05, 3.63) is 0 Å². The number of nitrogens with zero attached hydrogens (tertiary/aromatic N) is 2. The molecule has 1 rings (SSSR count). The summed E-state index contributed by atoms with van der Waals surface area (Å²) in [5.41, 5.74) is 4.50. The van der Waals surface area contributed by atoms with Gasteiger partial charge in [-0.2, -0.15) is 0 Å². The Kier molecular flexibility index (Phi) is 4.44. The van der Waals surface area contributed by atoms with Crippen LogP contribution in [0.15, 0.2) is 5.16 Å². The highest BCUT2D eigenvalue weighted by atomic mass is 32.2. The topological polar surface area (TPSA) is 113 Å². The molecule has 19 heavy (non-hydrogen) atoms. The smallest absolute Gasteiger partial charge is 0.236 e. The normalized spacial score (nSPS) is 26.8. The summed E-state index contributed by atoms with van der Waals surface area (Å²) < 4.78 is 23.0. The highest BCUT2D eigenvalue weighted by Gasteiger charge is 2.43. The molecule has 1 saturated heterocycles. The Balaban J connectivity index is 3.00. The lowest BCUT2D eigenvalue weighted by Crippen LogP contribution is -2.57. The molecule has 0 aromatic rings. The van der Waals surface area contributed by atoms with Crippen LogP contribution in [0.25, 0.3) is 0 Å². The number of sulfone groups is 1. The summed E-state index contributed by atoms with van der Waals surface area (Å²) in [6, 6.07) is -0.399. The Hall–Kier alpha value is -1.31. The fraction of sp³-hybridized carbons (Fsp3) is 0.818. The van der Waals surface area contributed by atoms with Crippen molar-refractivity contribution in [1.29, 1.82) is 0 Å². The van der Waals surface area contributed by atoms with Crippen molar-refractivity contribution in [2.24, 2.45) is 16.3 Å². The maximum Gasteiger partial charge on any atom is 0.236 e. The molecular formula is C11H21N3O4S. The minimum absolute atomic E-state index is 0.0426. The SMILES string of the molecule is CCC(C)(C(=O)N1CCS(=O)(=O)CC1C)C(N)=NO. The zero-order valence-electron chi connectivity index (χ0n) is 11.5. The maximum absolute atomic E-state index is 12.5. The number of amidine groups is 1. The third-order valence-electron chi connectivity index (χ3n) is 3.78. The van der Waals surface area contributed by atoms with Crippen LogP contribution < -0.4 is 5.73 Å². The van der Waals surface area contributed by atoms with E-state index in [1.165, 1.54) is 4.90 Å². The molecule has 0 bridgehead atoms. The molecule has 8 heteroatoms. The van der Waals surface area contributed by atoms with E-state index in [1.807, 2.05) is 0 Å². The predicted molar refractivity (Wildman–Crippen MR) is 71.6 cm³/mol. The molecule has 0 saturated carbocycles. The molecule has 1 aliphatic heterocycles. The van der Waals surface area contributed by atoms with Crippen LogP contribution in [0.4, 0.5) is 0 Å². The van der Waals surface area contributed by atoms with E-state index in [-0.39, 0.29) is 29.8 Å². The monoisotopic (exact) mass is 291 g/mol. The molecular weight excluding hydrogens is 270 g/mol. The van der Waals surface area contributed by atoms with E-state index in [1.54, 1.807) is 20.8 Å². The minimum atomic E-state index is -3.08. The number of hydrogen-bond donors (Lipinski definition) is 2. The number of oxime groups is 1. The van der Waals surface area contributed by atoms with Crippen LogP contribution in [0.1, 0.15) is 27.2 Å². The van der Waals surface area contributed by atoms with Gasteiger partial charge in [0.1, 0.15) is 5.41 Å². The van der Waals surface area contributed by atoms with Gasteiger partial charge in [0.25, 0.3) is 0 Å². The third-order valence-corrected chi connectivity index (χ3v) is 5.58. The van der Waals surface area contributed by atoms with Crippen LogP contribution in [-0.2, 0) is 14.6 Å². The lowest BCUT2D eigenvalue weighted by Gasteiger charge is -2.39. The molecule has 1 aliphatic rings. The number of hydrogen-bond acceptors (Lipinski definition) is 5. The van der Waals surface area contributed by atoms with E-state index in [0.717, 1.165) is 0 Å². The van der Waals surface area contributed by atoms with Crippen molar-refractivity contribution < 1.29 is 18.4 Å². The first-order valence-electron chi connectivity index (χ1n) is 6.17. The zero-order chi connectivity index (χ0) is 14.8. The van der Waals surface area contributed by atoms with E-state index in [9.17, 15) is 13.2 Å². The zero-order valence-corrected chi connectivity index (χ0v) is 12.3. The molecule has 0 aromatic heterocycles. The molecule has 0 aliphatic carbocycles. The van der Waals surface area contributed by atoms with Crippen LogP contribution in [0, 0.1) is 5.41 Å². The Morgan fingerprint density at radius 3 is 2.58 bits per heavy atom. The van der Waals surface area contributed by atoms with E-state index in [2.05, 4.69) is 5.16 Å². The second kappa shape index (κ2) is 5.36. The number of carbonyl (C=O) groups excluding carboxylic acids is 1. The summed E-state index contributed by atoms with van der Waals surface area (Å²) >= 11 is 0. The van der Waals surface area contributed by atoms with Gasteiger partial charge in [-0.25, -0.2) is 8.42 Å². The lowest BCUT2D eigenvalue weighted by molar-refractivity contribution is -0.139. The van der Waals surface area contributed by atoms with Crippen molar-refractivity contribution in [2.75, 3.05) is 18.1 Å². The third kappa shape index (κ3) is 2.99. The Morgan fingerprint density at radius 1 is 1.58 bits per heavy atom. The second-order valence-corrected chi connectivity index (χ2v) is 7.36. The summed E-state index contributed by atoms with van der Waals surface area (Å²) in [7, 11) is -3.08. The van der Waals surface area contributed by atoms with Crippen LogP contribution >= 0.6 is 0 Å². The summed E-state index contributed by atoms with van der Waals surface area (Å²) in [6.45, 7) is 5.20. The van der Waals surface area contributed by atoms with Crippen molar-refractivity contribution >= 4 is 21.6 Å². The number of amides is 1. The van der Waals surface area contributed by atoms with Crippen molar-refractivity contribution in [1.82, 2.24) is 4.90 Å². The van der Waals surface area contributed by atoms with Gasteiger partial charge >= 0.3 is 0 Å². The van der Waals surface area contributed by atoms with Gasteiger partial charge in [-0.1, -0.05) is 12.1 Å². The number of rotatable bonds is 3. The van der Waals surface area contributed by atoms with Crippen LogP contribution in [-0.4, -0.2) is 54.4 Å². The average molecular weight is 291 g/mol. The average Bonchev–Trinajstić information content (AvgIpc) is 2.35. The largest absolute Gasteiger partial charge is 0.409 e. The highest BCUT2D eigenvalue weighted by Crippen LogP contribution is 2.27. The van der Waals surface area contributed by atoms with Gasteiger partial charge in [0, 0.05) is 12.6 Å². The Morgan fingerprint density at radius 2 is 2.16 bits per heavy atom. The molecule has 3 N–H and O–H groups in total. The Labute approximate surface area is 113 Å². The number of nitrogens with two attached hydrogens (primary N) is 1. The van der Waals surface area contributed by atoms with Crippen molar-refractivity contribution in [3.63, 3.8) is 0 Å². The molecule has 0 radical (unpaired) electrons. The predicted octanol–water partition coefficient (Wildman–Crippen LogP) is -0.205. The van der Waals surface area contributed by atoms with Crippen LogP contribution in [0.3, 0.4) is 0 Å². The molecule has 0 aromatic carbocycles. The first-order chi connectivity index (χ1) is 8.68. The molecule has 1 heterocycles. The summed E-state index contributed by atoms with van der Waals surface area (Å²) in [5.74, 6) is -0.540. The van der Waals surface area contributed by atoms with Gasteiger partial charge in [0.15, 0.2) is 15.7 Å². The standard InChI is InChI=1S/C11H21N3O4S/c1-4-11(3,9(12)13-16)10(15)14-5-6-19(17,18)7-8(14)2/h8,16H,4-7H2,1-3H3,(H2,12,13). The first kappa shape index (κ1) is 15.7. The van der Waals surface area contributed by atoms with Gasteiger partial charge in [0.2, 0.25) is 5.91 Å². The Bertz CT molecular complexity index is 488. The van der Waals surface area contributed by atoms with Gasteiger partial charge in [0.05, 0.1) is 11.5 Å². The van der Waals surface area contributed by atoms with E-state index >= 15 is 0 Å². The fourth-order valence-corrected chi connectivity index (χ4v) is 3.73. The highest BCUT2D eigenvalue weighted by molar-refractivity contribution is 7.91. The molecule has 0 spiro atoms. The lowest BCUT2D eigenvalue weighted by atomic mass is 9.84. The molecule has 1 amide bonds. The maximum atomic E-state index is 12.5. The second-order valence-electron chi connectivity index (χ2n) is 5.13. The molecule has 110 valence electrons. The van der Waals surface area contributed by atoms with Gasteiger partial charge in [-0.15, -0.1) is 0 Å². The molecule has 7 nitrogen and oxygen atoms in total. The van der Waals surface area contributed by atoms with Gasteiger partial charge in [-0.3, -0.25) is 4.79 Å². The van der Waals surface area contributed by atoms with Crippen molar-refractivity contribution in [3.8, 4) is 0 Å². The van der Waals surface area contributed by atoms with E-state index in [4.69, 9.17) is 10.9 Å². The van der Waals surface area contributed by atoms with Crippen LogP contribution in [0.5, 0.6) is 0 Å².